The Morgan fingerprint density at radius 3 is 2.40 bits per heavy atom. The smallest absolute Gasteiger partial charge is 0.354 e. The standard InChI is InChI=1S/C5H7NO4/c1-10-5(9)3(6)2-4(7)8/h2H,6H2,1H3,(H,7,8). The van der Waals surface area contributed by atoms with Gasteiger partial charge in [-0.1, -0.05) is 0 Å². The van der Waals surface area contributed by atoms with Crippen molar-refractivity contribution in [1.82, 2.24) is 0 Å². The van der Waals surface area contributed by atoms with E-state index in [9.17, 15) is 9.59 Å². The average Bonchev–Trinajstić information content (AvgIpc) is 1.85. The molecule has 0 aliphatic carbocycles. The Bertz CT molecular complexity index is 184. The second kappa shape index (κ2) is 3.49. The van der Waals surface area contributed by atoms with Gasteiger partial charge in [-0.3, -0.25) is 0 Å². The molecule has 3 N–H and O–H groups in total. The Hall–Kier alpha value is -1.52. The molecule has 0 atom stereocenters. The summed E-state index contributed by atoms with van der Waals surface area (Å²) in [6.45, 7) is 0. The van der Waals surface area contributed by atoms with E-state index in [1.807, 2.05) is 0 Å². The Morgan fingerprint density at radius 2 is 2.10 bits per heavy atom. The van der Waals surface area contributed by atoms with E-state index in [0.29, 0.717) is 6.08 Å². The molecule has 0 amide bonds. The molecule has 0 saturated heterocycles. The number of methoxy groups -OCH3 is 1. The van der Waals surface area contributed by atoms with Crippen LogP contribution in [-0.2, 0) is 14.3 Å². The molecule has 0 rings (SSSR count). The van der Waals surface area contributed by atoms with Gasteiger partial charge in [0.2, 0.25) is 0 Å². The van der Waals surface area contributed by atoms with Crippen LogP contribution in [0.5, 0.6) is 0 Å². The number of hydrogen-bond donors (Lipinski definition) is 2. The van der Waals surface area contributed by atoms with Crippen molar-refractivity contribution in [3.05, 3.63) is 11.8 Å². The number of carboxylic acids is 1. The van der Waals surface area contributed by atoms with Crippen LogP contribution in [0.1, 0.15) is 0 Å². The van der Waals surface area contributed by atoms with Crippen molar-refractivity contribution in [2.45, 2.75) is 0 Å². The summed E-state index contributed by atoms with van der Waals surface area (Å²) in [6.07, 6.45) is 0.575. The van der Waals surface area contributed by atoms with E-state index in [2.05, 4.69) is 4.74 Å². The minimum Gasteiger partial charge on any atom is -0.478 e. The predicted molar refractivity (Wildman–Crippen MR) is 31.9 cm³/mol. The summed E-state index contributed by atoms with van der Waals surface area (Å²) < 4.78 is 4.12. The van der Waals surface area contributed by atoms with Crippen LogP contribution in [-0.4, -0.2) is 24.2 Å². The summed E-state index contributed by atoms with van der Waals surface area (Å²) in [5.74, 6) is -2.12. The lowest BCUT2D eigenvalue weighted by Crippen LogP contribution is -2.14. The Balaban J connectivity index is 4.19. The molecule has 0 aromatic carbocycles. The molecule has 0 spiro atoms. The van der Waals surface area contributed by atoms with Crippen molar-refractivity contribution >= 4 is 11.9 Å². The van der Waals surface area contributed by atoms with E-state index in [0.717, 1.165) is 7.11 Å². The van der Waals surface area contributed by atoms with Gasteiger partial charge in [-0.2, -0.15) is 0 Å². The molecule has 0 bridgehead atoms. The van der Waals surface area contributed by atoms with E-state index in [-0.39, 0.29) is 0 Å². The Kier molecular flexibility index (Phi) is 2.96. The largest absolute Gasteiger partial charge is 0.478 e. The summed E-state index contributed by atoms with van der Waals surface area (Å²) in [4.78, 5) is 20.2. The van der Waals surface area contributed by atoms with Crippen LogP contribution in [0.4, 0.5) is 0 Å². The Morgan fingerprint density at radius 1 is 1.60 bits per heavy atom. The van der Waals surface area contributed by atoms with Crippen LogP contribution in [0.2, 0.25) is 0 Å². The summed E-state index contributed by atoms with van der Waals surface area (Å²) in [5, 5.41) is 8.06. The van der Waals surface area contributed by atoms with Gasteiger partial charge < -0.3 is 15.6 Å². The number of carbonyl (C=O) groups excluding carboxylic acids is 1. The lowest BCUT2D eigenvalue weighted by molar-refractivity contribution is -0.137. The van der Waals surface area contributed by atoms with Crippen molar-refractivity contribution < 1.29 is 19.4 Å². The number of hydrogen-bond acceptors (Lipinski definition) is 4. The lowest BCUT2D eigenvalue weighted by atomic mass is 10.4. The first-order valence-corrected chi connectivity index (χ1v) is 2.36. The summed E-state index contributed by atoms with van der Waals surface area (Å²) >= 11 is 0. The highest BCUT2D eigenvalue weighted by molar-refractivity contribution is 5.94. The number of aliphatic carboxylic acids is 1. The van der Waals surface area contributed by atoms with Crippen molar-refractivity contribution in [1.29, 1.82) is 0 Å². The summed E-state index contributed by atoms with van der Waals surface area (Å²) in [6, 6.07) is 0. The van der Waals surface area contributed by atoms with Gasteiger partial charge in [0.25, 0.3) is 0 Å². The fourth-order valence-corrected chi connectivity index (χ4v) is 0.310. The number of carbonyl (C=O) groups is 2. The van der Waals surface area contributed by atoms with Gasteiger partial charge in [-0.05, 0) is 0 Å². The van der Waals surface area contributed by atoms with Crippen molar-refractivity contribution in [3.8, 4) is 0 Å². The highest BCUT2D eigenvalue weighted by atomic mass is 16.5. The monoisotopic (exact) mass is 145 g/mol. The zero-order valence-electron chi connectivity index (χ0n) is 5.33. The number of rotatable bonds is 2. The van der Waals surface area contributed by atoms with Gasteiger partial charge in [0.15, 0.2) is 0 Å². The molecule has 0 heterocycles. The SMILES string of the molecule is COC(=O)C(N)=CC(=O)O. The fourth-order valence-electron chi connectivity index (χ4n) is 0.310. The van der Waals surface area contributed by atoms with Crippen LogP contribution < -0.4 is 5.73 Å². The van der Waals surface area contributed by atoms with E-state index in [1.54, 1.807) is 0 Å². The number of carboxylic acid groups (broad SMARTS) is 1. The maximum atomic E-state index is 10.4. The highest BCUT2D eigenvalue weighted by Crippen LogP contribution is 1.86. The first-order chi connectivity index (χ1) is 4.57. The third-order valence-electron chi connectivity index (χ3n) is 0.700. The van der Waals surface area contributed by atoms with Crippen LogP contribution in [0.25, 0.3) is 0 Å². The number of esters is 1. The number of ether oxygens (including phenoxy) is 1. The topological polar surface area (TPSA) is 89.6 Å². The average molecular weight is 145 g/mol. The van der Waals surface area contributed by atoms with Gasteiger partial charge >= 0.3 is 11.9 Å². The van der Waals surface area contributed by atoms with Crippen LogP contribution in [0.15, 0.2) is 11.8 Å². The fraction of sp³-hybridized carbons (Fsp3) is 0.200. The molecule has 5 nitrogen and oxygen atoms in total. The molecule has 0 radical (unpaired) electrons. The summed E-state index contributed by atoms with van der Waals surface area (Å²) in [7, 11) is 1.12. The van der Waals surface area contributed by atoms with E-state index in [4.69, 9.17) is 10.8 Å². The molecule has 0 aliphatic rings. The zero-order chi connectivity index (χ0) is 8.15. The van der Waals surface area contributed by atoms with Gasteiger partial charge in [-0.25, -0.2) is 9.59 Å². The molecule has 0 saturated carbocycles. The molecule has 0 fully saturated rings. The zero-order valence-corrected chi connectivity index (χ0v) is 5.33. The van der Waals surface area contributed by atoms with E-state index < -0.39 is 17.6 Å². The van der Waals surface area contributed by atoms with Crippen LogP contribution >= 0.6 is 0 Å². The van der Waals surface area contributed by atoms with Crippen molar-refractivity contribution in [2.24, 2.45) is 5.73 Å². The molecular formula is C5H7NO4. The minimum absolute atomic E-state index is 0.421. The second-order valence-corrected chi connectivity index (χ2v) is 1.43. The van der Waals surface area contributed by atoms with Crippen LogP contribution in [0, 0.1) is 0 Å². The normalized spacial score (nSPS) is 10.7. The highest BCUT2D eigenvalue weighted by Gasteiger charge is 2.04. The summed E-state index contributed by atoms with van der Waals surface area (Å²) in [5.41, 5.74) is 4.51. The van der Waals surface area contributed by atoms with Crippen molar-refractivity contribution in [2.75, 3.05) is 7.11 Å². The third kappa shape index (κ3) is 2.71. The molecule has 0 aliphatic heterocycles. The molecular weight excluding hydrogens is 138 g/mol. The second-order valence-electron chi connectivity index (χ2n) is 1.43. The Labute approximate surface area is 57.1 Å². The van der Waals surface area contributed by atoms with Gasteiger partial charge in [-0.15, -0.1) is 0 Å². The van der Waals surface area contributed by atoms with Crippen molar-refractivity contribution in [3.63, 3.8) is 0 Å². The van der Waals surface area contributed by atoms with Crippen LogP contribution in [0.3, 0.4) is 0 Å². The van der Waals surface area contributed by atoms with Gasteiger partial charge in [0.1, 0.15) is 5.70 Å². The molecule has 10 heavy (non-hydrogen) atoms. The lowest BCUT2D eigenvalue weighted by Gasteiger charge is -1.94. The molecule has 56 valence electrons. The van der Waals surface area contributed by atoms with E-state index in [1.165, 1.54) is 0 Å². The third-order valence-corrected chi connectivity index (χ3v) is 0.700. The first-order valence-electron chi connectivity index (χ1n) is 2.36. The minimum atomic E-state index is -1.28. The maximum Gasteiger partial charge on any atom is 0.354 e. The molecule has 0 aromatic heterocycles. The molecule has 5 heteroatoms. The van der Waals surface area contributed by atoms with Gasteiger partial charge in [0.05, 0.1) is 13.2 Å². The molecule has 0 unspecified atom stereocenters. The quantitative estimate of drug-likeness (QED) is 0.387. The molecule has 0 aromatic rings. The number of nitrogens with two attached hydrogens (primary N) is 1. The maximum absolute atomic E-state index is 10.4. The van der Waals surface area contributed by atoms with E-state index >= 15 is 0 Å². The van der Waals surface area contributed by atoms with Gasteiger partial charge in [0, 0.05) is 0 Å². The predicted octanol–water partition coefficient (Wildman–Crippen LogP) is -0.913. The first kappa shape index (κ1) is 8.48.